The summed E-state index contributed by atoms with van der Waals surface area (Å²) in [6, 6.07) is 10.1. The van der Waals surface area contributed by atoms with Crippen LogP contribution in [0.15, 0.2) is 41.8 Å². The lowest BCUT2D eigenvalue weighted by Gasteiger charge is -2.20. The fourth-order valence-electron chi connectivity index (χ4n) is 3.15. The molecule has 0 radical (unpaired) electrons. The molecule has 1 aromatic heterocycles. The number of carbonyl (C=O) groups excluding carboxylic acids is 2. The maximum absolute atomic E-state index is 12.7. The molecule has 2 atom stereocenters. The van der Waals surface area contributed by atoms with E-state index in [4.69, 9.17) is 9.84 Å². The van der Waals surface area contributed by atoms with Gasteiger partial charge in [-0.2, -0.15) is 0 Å². The zero-order valence-electron chi connectivity index (χ0n) is 14.8. The van der Waals surface area contributed by atoms with E-state index in [0.717, 1.165) is 4.88 Å². The van der Waals surface area contributed by atoms with Crippen molar-refractivity contribution in [1.29, 1.82) is 0 Å². The molecule has 142 valence electrons. The summed E-state index contributed by atoms with van der Waals surface area (Å²) >= 11 is 1.39. The number of thiophene rings is 1. The second-order valence-corrected chi connectivity index (χ2v) is 7.23. The molecule has 1 saturated heterocycles. The number of rotatable bonds is 7. The summed E-state index contributed by atoms with van der Waals surface area (Å²) in [4.78, 5) is 38.6. The van der Waals surface area contributed by atoms with Crippen molar-refractivity contribution in [2.24, 2.45) is 5.92 Å². The molecular weight excluding hydrogens is 368 g/mol. The highest BCUT2D eigenvalue weighted by molar-refractivity contribution is 7.10. The van der Waals surface area contributed by atoms with Gasteiger partial charge in [-0.15, -0.1) is 11.3 Å². The summed E-state index contributed by atoms with van der Waals surface area (Å²) in [6.45, 7) is 0.231. The molecule has 2 amide bonds. The number of methoxy groups -OCH3 is 1. The van der Waals surface area contributed by atoms with E-state index in [-0.39, 0.29) is 31.2 Å². The summed E-state index contributed by atoms with van der Waals surface area (Å²) in [5.41, 5.74) is 0.626. The highest BCUT2D eigenvalue weighted by Crippen LogP contribution is 2.33. The first kappa shape index (κ1) is 18.9. The van der Waals surface area contributed by atoms with Crippen LogP contribution < -0.4 is 15.0 Å². The fourth-order valence-corrected chi connectivity index (χ4v) is 3.92. The van der Waals surface area contributed by atoms with Crippen LogP contribution >= 0.6 is 11.3 Å². The van der Waals surface area contributed by atoms with Gasteiger partial charge in [-0.05, 0) is 23.6 Å². The molecule has 0 bridgehead atoms. The molecule has 8 heteroatoms. The van der Waals surface area contributed by atoms with Gasteiger partial charge in [-0.25, -0.2) is 0 Å². The van der Waals surface area contributed by atoms with E-state index < -0.39 is 17.9 Å². The Hall–Kier alpha value is -2.87. The van der Waals surface area contributed by atoms with Crippen molar-refractivity contribution in [3.05, 3.63) is 46.7 Å². The molecule has 7 nitrogen and oxygen atoms in total. The number of aliphatic carboxylic acids is 1. The van der Waals surface area contributed by atoms with Crippen LogP contribution in [0.25, 0.3) is 0 Å². The molecule has 2 aromatic rings. The van der Waals surface area contributed by atoms with E-state index >= 15 is 0 Å². The minimum Gasteiger partial charge on any atom is -0.495 e. The first-order valence-corrected chi connectivity index (χ1v) is 9.36. The molecule has 2 N–H and O–H groups in total. The Morgan fingerprint density at radius 1 is 1.33 bits per heavy atom. The molecule has 2 heterocycles. The summed E-state index contributed by atoms with van der Waals surface area (Å²) in [5, 5.41) is 13.8. The molecule has 0 unspecified atom stereocenters. The number of nitrogens with zero attached hydrogens (tertiary/aromatic N) is 1. The molecule has 0 aliphatic carbocycles. The fraction of sp³-hybridized carbons (Fsp3) is 0.316. The van der Waals surface area contributed by atoms with E-state index in [1.807, 2.05) is 17.5 Å². The standard InChI is InChI=1S/C19H20N2O5S/c1-26-15-6-3-2-5-14(15)21-11-12(9-17(21)22)19(25)20-13(10-18(23)24)16-7-4-8-27-16/h2-8,12-13H,9-11H2,1H3,(H,20,25)(H,23,24)/t12-,13+/m0/s1. The van der Waals surface area contributed by atoms with Crippen molar-refractivity contribution in [1.82, 2.24) is 5.32 Å². The van der Waals surface area contributed by atoms with E-state index in [9.17, 15) is 14.4 Å². The number of para-hydroxylation sites is 2. The smallest absolute Gasteiger partial charge is 0.305 e. The van der Waals surface area contributed by atoms with Gasteiger partial charge in [0.25, 0.3) is 0 Å². The molecule has 0 saturated carbocycles. The van der Waals surface area contributed by atoms with Crippen molar-refractivity contribution in [3.8, 4) is 5.75 Å². The van der Waals surface area contributed by atoms with Crippen LogP contribution in [0.4, 0.5) is 5.69 Å². The van der Waals surface area contributed by atoms with Gasteiger partial charge in [0.1, 0.15) is 5.75 Å². The lowest BCUT2D eigenvalue weighted by atomic mass is 10.1. The van der Waals surface area contributed by atoms with Crippen molar-refractivity contribution >= 4 is 34.8 Å². The van der Waals surface area contributed by atoms with Gasteiger partial charge in [0, 0.05) is 17.8 Å². The Morgan fingerprint density at radius 2 is 2.11 bits per heavy atom. The summed E-state index contributed by atoms with van der Waals surface area (Å²) in [6.07, 6.45) is -0.128. The first-order chi connectivity index (χ1) is 13.0. The minimum atomic E-state index is -0.994. The predicted molar refractivity (Wildman–Crippen MR) is 101 cm³/mol. The van der Waals surface area contributed by atoms with Gasteiger partial charge < -0.3 is 20.1 Å². The SMILES string of the molecule is COc1ccccc1N1C[C@@H](C(=O)N[C@H](CC(=O)O)c2cccs2)CC1=O. The van der Waals surface area contributed by atoms with Gasteiger partial charge in [-0.3, -0.25) is 14.4 Å². The highest BCUT2D eigenvalue weighted by atomic mass is 32.1. The van der Waals surface area contributed by atoms with Gasteiger partial charge in [0.15, 0.2) is 0 Å². The van der Waals surface area contributed by atoms with E-state index in [2.05, 4.69) is 5.32 Å². The topological polar surface area (TPSA) is 95.9 Å². The number of carbonyl (C=O) groups is 3. The van der Waals surface area contributed by atoms with Gasteiger partial charge >= 0.3 is 5.97 Å². The van der Waals surface area contributed by atoms with Crippen LogP contribution in [0.5, 0.6) is 5.75 Å². The van der Waals surface area contributed by atoms with Crippen molar-refractivity contribution < 1.29 is 24.2 Å². The number of carboxylic acids is 1. The maximum Gasteiger partial charge on any atom is 0.305 e. The van der Waals surface area contributed by atoms with Gasteiger partial charge in [0.2, 0.25) is 11.8 Å². The average molecular weight is 388 g/mol. The van der Waals surface area contributed by atoms with E-state index in [0.29, 0.717) is 11.4 Å². The monoisotopic (exact) mass is 388 g/mol. The summed E-state index contributed by atoms with van der Waals surface area (Å²) < 4.78 is 5.30. The molecular formula is C19H20N2O5S. The van der Waals surface area contributed by atoms with Crippen molar-refractivity contribution in [2.75, 3.05) is 18.6 Å². The lowest BCUT2D eigenvalue weighted by Crippen LogP contribution is -2.36. The number of amides is 2. The summed E-state index contributed by atoms with van der Waals surface area (Å²) in [7, 11) is 1.53. The van der Waals surface area contributed by atoms with Crippen molar-refractivity contribution in [3.63, 3.8) is 0 Å². The minimum absolute atomic E-state index is 0.0775. The Balaban J connectivity index is 1.72. The Labute approximate surface area is 160 Å². The maximum atomic E-state index is 12.7. The summed E-state index contributed by atoms with van der Waals surface area (Å²) in [5.74, 6) is -1.45. The molecule has 1 aliphatic heterocycles. The quantitative estimate of drug-likeness (QED) is 0.760. The molecule has 1 fully saturated rings. The van der Waals surface area contributed by atoms with Crippen LogP contribution in [0, 0.1) is 5.92 Å². The zero-order chi connectivity index (χ0) is 19.4. The number of carboxylic acid groups (broad SMARTS) is 1. The second kappa shape index (κ2) is 8.22. The number of ether oxygens (including phenoxy) is 1. The third-order valence-electron chi connectivity index (χ3n) is 4.45. The van der Waals surface area contributed by atoms with Crippen molar-refractivity contribution in [2.45, 2.75) is 18.9 Å². The largest absolute Gasteiger partial charge is 0.495 e. The van der Waals surface area contributed by atoms with Crippen LogP contribution in [-0.2, 0) is 14.4 Å². The van der Waals surface area contributed by atoms with Crippen LogP contribution in [0.1, 0.15) is 23.8 Å². The molecule has 1 aromatic carbocycles. The highest BCUT2D eigenvalue weighted by Gasteiger charge is 2.37. The van der Waals surface area contributed by atoms with Crippen LogP contribution in [0.2, 0.25) is 0 Å². The van der Waals surface area contributed by atoms with E-state index in [1.165, 1.54) is 18.4 Å². The number of benzene rings is 1. The predicted octanol–water partition coefficient (Wildman–Crippen LogP) is 2.44. The number of hydrogen-bond acceptors (Lipinski definition) is 5. The van der Waals surface area contributed by atoms with E-state index in [1.54, 1.807) is 29.2 Å². The third-order valence-corrected chi connectivity index (χ3v) is 5.44. The molecule has 0 spiro atoms. The number of nitrogens with one attached hydrogen (secondary N) is 1. The normalized spacial score (nSPS) is 17.6. The first-order valence-electron chi connectivity index (χ1n) is 8.48. The van der Waals surface area contributed by atoms with Gasteiger partial charge in [0.05, 0.1) is 31.2 Å². The number of hydrogen-bond donors (Lipinski definition) is 2. The number of anilines is 1. The van der Waals surface area contributed by atoms with Gasteiger partial charge in [-0.1, -0.05) is 18.2 Å². The van der Waals surface area contributed by atoms with Crippen LogP contribution in [0.3, 0.4) is 0 Å². The molecule has 3 rings (SSSR count). The molecule has 27 heavy (non-hydrogen) atoms. The second-order valence-electron chi connectivity index (χ2n) is 6.25. The van der Waals surface area contributed by atoms with Crippen LogP contribution in [-0.4, -0.2) is 36.5 Å². The molecule has 1 aliphatic rings. The lowest BCUT2D eigenvalue weighted by molar-refractivity contribution is -0.138. The Bertz CT molecular complexity index is 836. The Morgan fingerprint density at radius 3 is 2.78 bits per heavy atom. The average Bonchev–Trinajstić information content (AvgIpc) is 3.30. The Kier molecular flexibility index (Phi) is 5.75. The third kappa shape index (κ3) is 4.28. The zero-order valence-corrected chi connectivity index (χ0v) is 15.6.